The van der Waals surface area contributed by atoms with Crippen LogP contribution >= 0.6 is 0 Å². The van der Waals surface area contributed by atoms with Crippen molar-refractivity contribution in [3.05, 3.63) is 18.3 Å². The molecule has 5 nitrogen and oxygen atoms in total. The molecule has 1 saturated heterocycles. The van der Waals surface area contributed by atoms with E-state index in [2.05, 4.69) is 4.98 Å². The molecule has 6 heteroatoms. The van der Waals surface area contributed by atoms with Gasteiger partial charge in [0.2, 0.25) is 5.88 Å². The van der Waals surface area contributed by atoms with Crippen LogP contribution in [0.3, 0.4) is 0 Å². The fourth-order valence-electron chi connectivity index (χ4n) is 1.70. The summed E-state index contributed by atoms with van der Waals surface area (Å²) in [6.45, 7) is 8.01. The molecule has 2 rings (SSSR count). The Labute approximate surface area is 113 Å². The number of ether oxygens (including phenoxy) is 1. The minimum atomic E-state index is -0.428. The summed E-state index contributed by atoms with van der Waals surface area (Å²) in [5.74, 6) is 0.418. The van der Waals surface area contributed by atoms with E-state index < -0.39 is 7.12 Å². The van der Waals surface area contributed by atoms with Crippen molar-refractivity contribution in [1.82, 2.24) is 4.98 Å². The molecule has 0 amide bonds. The standard InChI is InChI=1S/C13H17BN2O3/c1-12(2)13(3,4)19-14(18-12)10-5-6-11(16-9-10)17-8-7-15/h5-6,9H,8H2,1-4H3. The highest BCUT2D eigenvalue weighted by atomic mass is 16.7. The van der Waals surface area contributed by atoms with Crippen LogP contribution in [0.1, 0.15) is 27.7 Å². The van der Waals surface area contributed by atoms with Gasteiger partial charge < -0.3 is 14.0 Å². The van der Waals surface area contributed by atoms with Crippen molar-refractivity contribution in [2.75, 3.05) is 6.61 Å². The van der Waals surface area contributed by atoms with Crippen molar-refractivity contribution >= 4 is 12.6 Å². The Morgan fingerprint density at radius 3 is 2.37 bits per heavy atom. The van der Waals surface area contributed by atoms with Crippen molar-refractivity contribution in [3.8, 4) is 11.9 Å². The Morgan fingerprint density at radius 1 is 1.26 bits per heavy atom. The fourth-order valence-corrected chi connectivity index (χ4v) is 1.70. The van der Waals surface area contributed by atoms with Crippen molar-refractivity contribution in [2.45, 2.75) is 38.9 Å². The summed E-state index contributed by atoms with van der Waals surface area (Å²) in [5, 5.41) is 8.43. The lowest BCUT2D eigenvalue weighted by Crippen LogP contribution is -2.41. The van der Waals surface area contributed by atoms with Crippen LogP contribution in [-0.2, 0) is 9.31 Å². The minimum Gasteiger partial charge on any atom is -0.462 e. The third-order valence-corrected chi connectivity index (χ3v) is 3.57. The minimum absolute atomic E-state index is 0.0111. The third-order valence-electron chi connectivity index (χ3n) is 3.57. The average Bonchev–Trinajstić information content (AvgIpc) is 2.56. The summed E-state index contributed by atoms with van der Waals surface area (Å²) >= 11 is 0. The largest absolute Gasteiger partial charge is 0.496 e. The number of hydrogen-bond acceptors (Lipinski definition) is 5. The lowest BCUT2D eigenvalue weighted by molar-refractivity contribution is 0.00578. The summed E-state index contributed by atoms with van der Waals surface area (Å²) in [6.07, 6.45) is 1.65. The first-order chi connectivity index (χ1) is 8.86. The first-order valence-corrected chi connectivity index (χ1v) is 6.17. The van der Waals surface area contributed by atoms with E-state index in [1.165, 1.54) is 0 Å². The van der Waals surface area contributed by atoms with Crippen LogP contribution in [0.15, 0.2) is 18.3 Å². The van der Waals surface area contributed by atoms with Crippen LogP contribution in [0.25, 0.3) is 0 Å². The molecule has 2 heterocycles. The normalized spacial score (nSPS) is 20.1. The first kappa shape index (κ1) is 13.8. The topological polar surface area (TPSA) is 64.4 Å². The van der Waals surface area contributed by atoms with Crippen LogP contribution in [0.5, 0.6) is 5.88 Å². The quantitative estimate of drug-likeness (QED) is 0.766. The fraction of sp³-hybridized carbons (Fsp3) is 0.538. The van der Waals surface area contributed by atoms with Crippen molar-refractivity contribution in [1.29, 1.82) is 5.26 Å². The molecule has 0 unspecified atom stereocenters. The van der Waals surface area contributed by atoms with Gasteiger partial charge >= 0.3 is 7.12 Å². The predicted octanol–water partition coefficient (Wildman–Crippen LogP) is 1.28. The number of hydrogen-bond donors (Lipinski definition) is 0. The molecule has 0 radical (unpaired) electrons. The molecule has 1 aliphatic heterocycles. The third kappa shape index (κ3) is 2.72. The maximum Gasteiger partial charge on any atom is 0.496 e. The van der Waals surface area contributed by atoms with Gasteiger partial charge in [-0.3, -0.25) is 0 Å². The van der Waals surface area contributed by atoms with E-state index in [0.29, 0.717) is 5.88 Å². The molecule has 0 bridgehead atoms. The van der Waals surface area contributed by atoms with Crippen molar-refractivity contribution < 1.29 is 14.0 Å². The molecule has 0 aliphatic carbocycles. The maximum absolute atomic E-state index is 8.43. The van der Waals surface area contributed by atoms with E-state index in [1.54, 1.807) is 12.3 Å². The van der Waals surface area contributed by atoms with Crippen LogP contribution < -0.4 is 10.2 Å². The van der Waals surface area contributed by atoms with Crippen LogP contribution in [0, 0.1) is 11.3 Å². The molecule has 1 fully saturated rings. The molecule has 0 N–H and O–H groups in total. The Hall–Kier alpha value is -1.58. The van der Waals surface area contributed by atoms with Gasteiger partial charge in [-0.25, -0.2) is 4.98 Å². The zero-order valence-electron chi connectivity index (χ0n) is 11.6. The number of nitrogens with zero attached hydrogens (tertiary/aromatic N) is 2. The van der Waals surface area contributed by atoms with Gasteiger partial charge in [-0.1, -0.05) is 6.07 Å². The van der Waals surface area contributed by atoms with Crippen molar-refractivity contribution in [3.63, 3.8) is 0 Å². The predicted molar refractivity (Wildman–Crippen MR) is 71.1 cm³/mol. The SMILES string of the molecule is CC1(C)OB(c2ccc(OCC#N)nc2)OC1(C)C. The Morgan fingerprint density at radius 2 is 1.89 bits per heavy atom. The second-order valence-corrected chi connectivity index (χ2v) is 5.46. The number of rotatable bonds is 3. The molecule has 1 aromatic rings. The Bertz CT molecular complexity index is 478. The summed E-state index contributed by atoms with van der Waals surface area (Å²) in [4.78, 5) is 4.12. The van der Waals surface area contributed by atoms with Crippen LogP contribution in [0.2, 0.25) is 0 Å². The number of pyridine rings is 1. The number of nitriles is 1. The summed E-state index contributed by atoms with van der Waals surface area (Å²) < 4.78 is 16.9. The molecule has 19 heavy (non-hydrogen) atoms. The summed E-state index contributed by atoms with van der Waals surface area (Å²) in [7, 11) is -0.428. The van der Waals surface area contributed by atoms with Gasteiger partial charge in [0.25, 0.3) is 0 Å². The highest BCUT2D eigenvalue weighted by Gasteiger charge is 2.51. The van der Waals surface area contributed by atoms with Gasteiger partial charge in [0.05, 0.1) is 11.2 Å². The summed E-state index contributed by atoms with van der Waals surface area (Å²) in [5.41, 5.74) is 0.101. The molecule has 0 atom stereocenters. The zero-order chi connectivity index (χ0) is 14.1. The van der Waals surface area contributed by atoms with E-state index in [0.717, 1.165) is 5.46 Å². The molecular formula is C13H17BN2O3. The molecule has 1 aromatic heterocycles. The molecule has 1 aliphatic rings. The average molecular weight is 260 g/mol. The molecule has 0 saturated carbocycles. The Balaban J connectivity index is 2.10. The van der Waals surface area contributed by atoms with Crippen LogP contribution in [-0.4, -0.2) is 29.9 Å². The molecule has 0 spiro atoms. The number of aromatic nitrogens is 1. The smallest absolute Gasteiger partial charge is 0.462 e. The van der Waals surface area contributed by atoms with E-state index in [4.69, 9.17) is 19.3 Å². The monoisotopic (exact) mass is 260 g/mol. The van der Waals surface area contributed by atoms with E-state index >= 15 is 0 Å². The van der Waals surface area contributed by atoms with E-state index in [-0.39, 0.29) is 17.8 Å². The van der Waals surface area contributed by atoms with Gasteiger partial charge in [0.1, 0.15) is 6.07 Å². The van der Waals surface area contributed by atoms with Crippen LogP contribution in [0.4, 0.5) is 0 Å². The molecule has 100 valence electrons. The lowest BCUT2D eigenvalue weighted by atomic mass is 9.80. The van der Waals surface area contributed by atoms with Crippen molar-refractivity contribution in [2.24, 2.45) is 0 Å². The lowest BCUT2D eigenvalue weighted by Gasteiger charge is -2.32. The maximum atomic E-state index is 8.43. The highest BCUT2D eigenvalue weighted by molar-refractivity contribution is 6.62. The van der Waals surface area contributed by atoms with Gasteiger partial charge in [0, 0.05) is 11.7 Å². The Kier molecular flexibility index (Phi) is 3.53. The van der Waals surface area contributed by atoms with Gasteiger partial charge in [-0.05, 0) is 33.8 Å². The van der Waals surface area contributed by atoms with Gasteiger partial charge in [-0.15, -0.1) is 0 Å². The van der Waals surface area contributed by atoms with Gasteiger partial charge in [-0.2, -0.15) is 5.26 Å². The molecular weight excluding hydrogens is 243 g/mol. The van der Waals surface area contributed by atoms with E-state index in [1.807, 2.05) is 39.8 Å². The summed E-state index contributed by atoms with van der Waals surface area (Å²) in [6, 6.07) is 5.44. The highest BCUT2D eigenvalue weighted by Crippen LogP contribution is 2.36. The van der Waals surface area contributed by atoms with E-state index in [9.17, 15) is 0 Å². The second-order valence-electron chi connectivity index (χ2n) is 5.46. The zero-order valence-corrected chi connectivity index (χ0v) is 11.6. The van der Waals surface area contributed by atoms with Gasteiger partial charge in [0.15, 0.2) is 6.61 Å². The second kappa shape index (κ2) is 4.84. The first-order valence-electron chi connectivity index (χ1n) is 6.17. The molecule has 0 aromatic carbocycles.